The molecular formula is C13H11ClN2O5S2. The molecule has 0 bridgehead atoms. The van der Waals surface area contributed by atoms with Crippen LogP contribution in [0.3, 0.4) is 0 Å². The summed E-state index contributed by atoms with van der Waals surface area (Å²) in [6.07, 6.45) is 0. The lowest BCUT2D eigenvalue weighted by atomic mass is 10.1. The van der Waals surface area contributed by atoms with Crippen molar-refractivity contribution in [3.05, 3.63) is 51.7 Å². The number of hydrogen-bond donors (Lipinski definition) is 3. The van der Waals surface area contributed by atoms with Crippen molar-refractivity contribution in [1.29, 1.82) is 0 Å². The predicted molar refractivity (Wildman–Crippen MR) is 85.0 cm³/mol. The fraction of sp³-hybridized carbons (Fsp3) is 0.0769. The van der Waals surface area contributed by atoms with E-state index < -0.39 is 28.1 Å². The largest absolute Gasteiger partial charge is 0.479 e. The zero-order chi connectivity index (χ0) is 17.0. The Hall–Kier alpha value is -2.10. The van der Waals surface area contributed by atoms with Crippen LogP contribution in [0.25, 0.3) is 0 Å². The van der Waals surface area contributed by atoms with E-state index in [-0.39, 0.29) is 9.92 Å². The van der Waals surface area contributed by atoms with Gasteiger partial charge in [-0.3, -0.25) is 0 Å². The number of hydrogen-bond acceptors (Lipinski definition) is 5. The molecule has 2 amide bonds. The van der Waals surface area contributed by atoms with Crippen molar-refractivity contribution in [2.24, 2.45) is 0 Å². The quantitative estimate of drug-likeness (QED) is 0.742. The second-order valence-electron chi connectivity index (χ2n) is 4.36. The smallest absolute Gasteiger partial charge is 0.330 e. The number of benzene rings is 1. The zero-order valence-corrected chi connectivity index (χ0v) is 13.8. The Kier molecular flexibility index (Phi) is 5.24. The minimum Gasteiger partial charge on any atom is -0.479 e. The molecule has 1 unspecified atom stereocenters. The van der Waals surface area contributed by atoms with Crippen LogP contribution in [-0.4, -0.2) is 25.5 Å². The lowest BCUT2D eigenvalue weighted by Crippen LogP contribution is -2.43. The van der Waals surface area contributed by atoms with E-state index in [1.165, 1.54) is 41.7 Å². The van der Waals surface area contributed by atoms with Crippen LogP contribution in [0, 0.1) is 0 Å². The number of rotatable bonds is 5. The van der Waals surface area contributed by atoms with Crippen LogP contribution >= 0.6 is 22.9 Å². The summed E-state index contributed by atoms with van der Waals surface area (Å²) in [5, 5.41) is 14.6. The molecule has 1 aromatic heterocycles. The molecule has 1 heterocycles. The molecule has 0 aliphatic heterocycles. The molecule has 0 saturated carbocycles. The van der Waals surface area contributed by atoms with Gasteiger partial charge < -0.3 is 10.4 Å². The van der Waals surface area contributed by atoms with Crippen LogP contribution < -0.4 is 10.0 Å². The monoisotopic (exact) mass is 374 g/mol. The molecule has 7 nitrogen and oxygen atoms in total. The van der Waals surface area contributed by atoms with Gasteiger partial charge in [-0.15, -0.1) is 0 Å². The highest BCUT2D eigenvalue weighted by Gasteiger charge is 2.25. The number of carboxylic acid groups (broad SMARTS) is 1. The first kappa shape index (κ1) is 17.3. The minimum atomic E-state index is -4.16. The highest BCUT2D eigenvalue weighted by molar-refractivity contribution is 7.90. The zero-order valence-electron chi connectivity index (χ0n) is 11.4. The Morgan fingerprint density at radius 2 is 2.00 bits per heavy atom. The van der Waals surface area contributed by atoms with E-state index in [0.717, 1.165) is 0 Å². The topological polar surface area (TPSA) is 113 Å². The number of aliphatic carboxylic acids is 1. The van der Waals surface area contributed by atoms with Crippen LogP contribution in [0.15, 0.2) is 46.0 Å². The molecule has 1 aromatic carbocycles. The average Bonchev–Trinajstić information content (AvgIpc) is 2.97. The molecule has 23 heavy (non-hydrogen) atoms. The second-order valence-corrected chi connectivity index (χ2v) is 7.26. The molecule has 0 spiro atoms. The molecule has 0 aliphatic carbocycles. The molecule has 1 atom stereocenters. The van der Waals surface area contributed by atoms with Crippen molar-refractivity contribution in [3.63, 3.8) is 0 Å². The van der Waals surface area contributed by atoms with Gasteiger partial charge in [0.1, 0.15) is 0 Å². The maximum atomic E-state index is 12.1. The Morgan fingerprint density at radius 1 is 1.26 bits per heavy atom. The Labute approximate surface area is 141 Å². The van der Waals surface area contributed by atoms with Gasteiger partial charge in [-0.1, -0.05) is 17.7 Å². The maximum Gasteiger partial charge on any atom is 0.330 e. The summed E-state index contributed by atoms with van der Waals surface area (Å²) in [5.41, 5.74) is 0.345. The van der Waals surface area contributed by atoms with Gasteiger partial charge in [-0.2, -0.15) is 11.3 Å². The molecule has 0 radical (unpaired) electrons. The lowest BCUT2D eigenvalue weighted by Gasteiger charge is -2.14. The first-order valence-electron chi connectivity index (χ1n) is 6.13. The van der Waals surface area contributed by atoms with Crippen LogP contribution in [0.5, 0.6) is 0 Å². The van der Waals surface area contributed by atoms with Crippen LogP contribution in [0.2, 0.25) is 5.02 Å². The summed E-state index contributed by atoms with van der Waals surface area (Å²) in [6.45, 7) is 0. The minimum absolute atomic E-state index is 0.190. The fourth-order valence-corrected chi connectivity index (χ4v) is 3.60. The number of halogens is 1. The van der Waals surface area contributed by atoms with Crippen molar-refractivity contribution >= 4 is 45.0 Å². The predicted octanol–water partition coefficient (Wildman–Crippen LogP) is 2.22. The van der Waals surface area contributed by atoms with E-state index in [2.05, 4.69) is 5.32 Å². The molecule has 122 valence electrons. The third-order valence-electron chi connectivity index (χ3n) is 2.73. The number of carbonyl (C=O) groups excluding carboxylic acids is 1. The number of urea groups is 1. The molecule has 2 aromatic rings. The van der Waals surface area contributed by atoms with Gasteiger partial charge in [-0.05, 0) is 40.6 Å². The summed E-state index contributed by atoms with van der Waals surface area (Å²) in [5.74, 6) is -1.31. The van der Waals surface area contributed by atoms with Gasteiger partial charge in [0.2, 0.25) is 0 Å². The first-order chi connectivity index (χ1) is 10.8. The highest BCUT2D eigenvalue weighted by atomic mass is 35.5. The van der Waals surface area contributed by atoms with E-state index in [9.17, 15) is 18.0 Å². The van der Waals surface area contributed by atoms with Crippen molar-refractivity contribution in [1.82, 2.24) is 10.0 Å². The Bertz CT molecular complexity index is 821. The lowest BCUT2D eigenvalue weighted by molar-refractivity contribution is -0.139. The van der Waals surface area contributed by atoms with Gasteiger partial charge in [-0.25, -0.2) is 22.7 Å². The number of carboxylic acids is 1. The van der Waals surface area contributed by atoms with Crippen molar-refractivity contribution in [2.45, 2.75) is 10.9 Å². The number of nitrogens with one attached hydrogen (secondary N) is 2. The molecule has 0 fully saturated rings. The SMILES string of the molecule is O=C(NC(C(=O)O)c1ccsc1)NS(=O)(=O)c1cccc(Cl)c1. The van der Waals surface area contributed by atoms with Crippen molar-refractivity contribution in [3.8, 4) is 0 Å². The van der Waals surface area contributed by atoms with Crippen LogP contribution in [0.1, 0.15) is 11.6 Å². The second kappa shape index (κ2) is 6.99. The Balaban J connectivity index is 2.13. The fourth-order valence-electron chi connectivity index (χ4n) is 1.70. The summed E-state index contributed by atoms with van der Waals surface area (Å²) < 4.78 is 25.9. The van der Waals surface area contributed by atoms with E-state index in [1.807, 2.05) is 0 Å². The number of sulfonamides is 1. The van der Waals surface area contributed by atoms with Gasteiger partial charge in [0.25, 0.3) is 10.0 Å². The van der Waals surface area contributed by atoms with Gasteiger partial charge >= 0.3 is 12.0 Å². The van der Waals surface area contributed by atoms with Crippen LogP contribution in [-0.2, 0) is 14.8 Å². The number of thiophene rings is 1. The van der Waals surface area contributed by atoms with Gasteiger partial charge in [0.15, 0.2) is 6.04 Å². The third-order valence-corrected chi connectivity index (χ3v) is 5.00. The molecule has 0 saturated heterocycles. The molecule has 2 rings (SSSR count). The van der Waals surface area contributed by atoms with E-state index in [0.29, 0.717) is 5.56 Å². The van der Waals surface area contributed by atoms with E-state index >= 15 is 0 Å². The van der Waals surface area contributed by atoms with E-state index in [4.69, 9.17) is 16.7 Å². The maximum absolute atomic E-state index is 12.1. The van der Waals surface area contributed by atoms with Gasteiger partial charge in [0, 0.05) is 5.02 Å². The van der Waals surface area contributed by atoms with E-state index in [1.54, 1.807) is 15.5 Å². The van der Waals surface area contributed by atoms with Gasteiger partial charge in [0.05, 0.1) is 4.90 Å². The number of amides is 2. The standard InChI is InChI=1S/C13H11ClN2O5S2/c14-9-2-1-3-10(6-9)23(20,21)16-13(19)15-11(12(17)18)8-4-5-22-7-8/h1-7,11H,(H,17,18)(H2,15,16,19). The summed E-state index contributed by atoms with van der Waals surface area (Å²) >= 11 is 6.97. The van der Waals surface area contributed by atoms with Crippen molar-refractivity contribution < 1.29 is 23.1 Å². The summed E-state index contributed by atoms with van der Waals surface area (Å²) in [7, 11) is -4.16. The molecule has 0 aliphatic rings. The molecule has 10 heteroatoms. The van der Waals surface area contributed by atoms with Crippen molar-refractivity contribution in [2.75, 3.05) is 0 Å². The normalized spacial score (nSPS) is 12.4. The summed E-state index contributed by atoms with van der Waals surface area (Å²) in [4.78, 5) is 22.8. The molecule has 3 N–H and O–H groups in total. The molecular weight excluding hydrogens is 364 g/mol. The Morgan fingerprint density at radius 3 is 2.57 bits per heavy atom. The number of carbonyl (C=O) groups is 2. The third kappa shape index (κ3) is 4.44. The first-order valence-corrected chi connectivity index (χ1v) is 8.94. The average molecular weight is 375 g/mol. The van der Waals surface area contributed by atoms with Crippen LogP contribution in [0.4, 0.5) is 4.79 Å². The highest BCUT2D eigenvalue weighted by Crippen LogP contribution is 2.17. The summed E-state index contributed by atoms with van der Waals surface area (Å²) in [6, 6.07) is 4.35.